The van der Waals surface area contributed by atoms with Gasteiger partial charge in [-0.25, -0.2) is 0 Å². The number of amides is 1. The molecule has 1 saturated heterocycles. The van der Waals surface area contributed by atoms with Gasteiger partial charge in [0.25, 0.3) is 5.91 Å². The number of rotatable bonds is 2. The highest BCUT2D eigenvalue weighted by Crippen LogP contribution is 2.15. The number of methoxy groups -OCH3 is 1. The van der Waals surface area contributed by atoms with E-state index in [9.17, 15) is 4.79 Å². The third-order valence-corrected chi connectivity index (χ3v) is 3.10. The van der Waals surface area contributed by atoms with Crippen LogP contribution >= 0.6 is 0 Å². The van der Waals surface area contributed by atoms with Gasteiger partial charge in [-0.3, -0.25) is 4.79 Å². The molecule has 1 fully saturated rings. The van der Waals surface area contributed by atoms with Crippen molar-refractivity contribution in [2.75, 3.05) is 26.7 Å². The number of piperazine rings is 1. The molecule has 1 N–H and O–H groups in total. The summed E-state index contributed by atoms with van der Waals surface area (Å²) in [6, 6.07) is 7.52. The van der Waals surface area contributed by atoms with E-state index in [2.05, 4.69) is 12.2 Å². The number of carbonyl (C=O) groups excluding carboxylic acids is 1. The van der Waals surface area contributed by atoms with Gasteiger partial charge >= 0.3 is 0 Å². The number of hydrogen-bond acceptors (Lipinski definition) is 3. The van der Waals surface area contributed by atoms with Gasteiger partial charge in [0.15, 0.2) is 0 Å². The van der Waals surface area contributed by atoms with Crippen LogP contribution in [0.25, 0.3) is 0 Å². The number of nitrogens with zero attached hydrogens (tertiary/aromatic N) is 1. The molecular weight excluding hydrogens is 216 g/mol. The van der Waals surface area contributed by atoms with E-state index in [-0.39, 0.29) is 11.9 Å². The molecule has 1 atom stereocenters. The van der Waals surface area contributed by atoms with Crippen LogP contribution in [0.2, 0.25) is 0 Å². The largest absolute Gasteiger partial charge is 0.497 e. The minimum absolute atomic E-state index is 0.0988. The van der Waals surface area contributed by atoms with E-state index >= 15 is 0 Å². The summed E-state index contributed by atoms with van der Waals surface area (Å²) in [4.78, 5) is 14.2. The first-order valence-corrected chi connectivity index (χ1v) is 5.88. The van der Waals surface area contributed by atoms with Crippen molar-refractivity contribution in [1.82, 2.24) is 10.2 Å². The standard InChI is InChI=1S/C13H18N2O2/c1-10-9-14-7-8-15(10)13(16)11-3-5-12(17-2)6-4-11/h3-6,10,14H,7-9H2,1-2H3/t10-/m1/s1. The van der Waals surface area contributed by atoms with Crippen LogP contribution in [0.1, 0.15) is 17.3 Å². The quantitative estimate of drug-likeness (QED) is 0.834. The molecule has 1 aliphatic heterocycles. The normalized spacial score (nSPS) is 20.1. The minimum atomic E-state index is 0.0988. The molecule has 1 amide bonds. The number of ether oxygens (including phenoxy) is 1. The van der Waals surface area contributed by atoms with Crippen molar-refractivity contribution in [3.05, 3.63) is 29.8 Å². The average molecular weight is 234 g/mol. The van der Waals surface area contributed by atoms with Crippen LogP contribution in [0.5, 0.6) is 5.75 Å². The average Bonchev–Trinajstić information content (AvgIpc) is 2.39. The first-order valence-electron chi connectivity index (χ1n) is 5.88. The van der Waals surface area contributed by atoms with Crippen molar-refractivity contribution < 1.29 is 9.53 Å². The second-order valence-corrected chi connectivity index (χ2v) is 4.28. The molecular formula is C13H18N2O2. The number of benzene rings is 1. The third-order valence-electron chi connectivity index (χ3n) is 3.10. The predicted octanol–water partition coefficient (Wildman–Crippen LogP) is 1.13. The Kier molecular flexibility index (Phi) is 3.64. The van der Waals surface area contributed by atoms with Gasteiger partial charge in [-0.2, -0.15) is 0 Å². The van der Waals surface area contributed by atoms with Crippen LogP contribution in [0, 0.1) is 0 Å². The summed E-state index contributed by atoms with van der Waals surface area (Å²) in [6.07, 6.45) is 0. The van der Waals surface area contributed by atoms with Gasteiger partial charge in [0.05, 0.1) is 7.11 Å². The highest BCUT2D eigenvalue weighted by atomic mass is 16.5. The molecule has 0 aromatic heterocycles. The monoisotopic (exact) mass is 234 g/mol. The Labute approximate surface area is 102 Å². The maximum Gasteiger partial charge on any atom is 0.254 e. The van der Waals surface area contributed by atoms with Crippen molar-refractivity contribution in [3.8, 4) is 5.75 Å². The summed E-state index contributed by atoms with van der Waals surface area (Å²) < 4.78 is 5.08. The Balaban J connectivity index is 2.12. The van der Waals surface area contributed by atoms with E-state index in [0.29, 0.717) is 0 Å². The summed E-state index contributed by atoms with van der Waals surface area (Å²) in [6.45, 7) is 4.56. The van der Waals surface area contributed by atoms with E-state index in [0.717, 1.165) is 30.9 Å². The van der Waals surface area contributed by atoms with E-state index in [1.54, 1.807) is 7.11 Å². The molecule has 0 spiro atoms. The van der Waals surface area contributed by atoms with Crippen LogP contribution in [0.3, 0.4) is 0 Å². The van der Waals surface area contributed by atoms with Gasteiger partial charge in [-0.15, -0.1) is 0 Å². The van der Waals surface area contributed by atoms with Gasteiger partial charge in [0.1, 0.15) is 5.75 Å². The Morgan fingerprint density at radius 3 is 2.71 bits per heavy atom. The predicted molar refractivity (Wildman–Crippen MR) is 66.4 cm³/mol. The molecule has 1 aromatic rings. The highest BCUT2D eigenvalue weighted by Gasteiger charge is 2.23. The minimum Gasteiger partial charge on any atom is -0.497 e. The Morgan fingerprint density at radius 1 is 1.41 bits per heavy atom. The zero-order valence-electron chi connectivity index (χ0n) is 10.3. The van der Waals surface area contributed by atoms with Crippen LogP contribution in [0.15, 0.2) is 24.3 Å². The molecule has 2 rings (SSSR count). The summed E-state index contributed by atoms with van der Waals surface area (Å²) in [5, 5.41) is 3.28. The second kappa shape index (κ2) is 5.19. The fourth-order valence-electron chi connectivity index (χ4n) is 2.04. The van der Waals surface area contributed by atoms with Gasteiger partial charge in [0, 0.05) is 31.2 Å². The molecule has 0 saturated carbocycles. The van der Waals surface area contributed by atoms with Crippen LogP contribution in [0.4, 0.5) is 0 Å². The third kappa shape index (κ3) is 2.58. The SMILES string of the molecule is COc1ccc(C(=O)N2CCNC[C@H]2C)cc1. The molecule has 17 heavy (non-hydrogen) atoms. The van der Waals surface area contributed by atoms with Gasteiger partial charge in [-0.1, -0.05) is 0 Å². The topological polar surface area (TPSA) is 41.6 Å². The molecule has 4 heteroatoms. The van der Waals surface area contributed by atoms with E-state index in [4.69, 9.17) is 4.74 Å². The van der Waals surface area contributed by atoms with Gasteiger partial charge < -0.3 is 15.0 Å². The lowest BCUT2D eigenvalue weighted by molar-refractivity contribution is 0.0656. The van der Waals surface area contributed by atoms with E-state index < -0.39 is 0 Å². The van der Waals surface area contributed by atoms with Crippen molar-refractivity contribution in [2.24, 2.45) is 0 Å². The molecule has 0 unspecified atom stereocenters. The van der Waals surface area contributed by atoms with Crippen LogP contribution in [-0.2, 0) is 0 Å². The van der Waals surface area contributed by atoms with Crippen molar-refractivity contribution in [3.63, 3.8) is 0 Å². The first kappa shape index (κ1) is 11.9. The molecule has 92 valence electrons. The molecule has 4 nitrogen and oxygen atoms in total. The number of carbonyl (C=O) groups is 1. The molecule has 0 bridgehead atoms. The zero-order valence-corrected chi connectivity index (χ0v) is 10.3. The van der Waals surface area contributed by atoms with E-state index in [1.807, 2.05) is 29.2 Å². The Morgan fingerprint density at radius 2 is 2.12 bits per heavy atom. The fraction of sp³-hybridized carbons (Fsp3) is 0.462. The highest BCUT2D eigenvalue weighted by molar-refractivity contribution is 5.94. The van der Waals surface area contributed by atoms with Crippen molar-refractivity contribution in [2.45, 2.75) is 13.0 Å². The zero-order chi connectivity index (χ0) is 12.3. The number of hydrogen-bond donors (Lipinski definition) is 1. The second-order valence-electron chi connectivity index (χ2n) is 4.28. The smallest absolute Gasteiger partial charge is 0.254 e. The lowest BCUT2D eigenvalue weighted by Gasteiger charge is -2.34. The van der Waals surface area contributed by atoms with Crippen molar-refractivity contribution in [1.29, 1.82) is 0 Å². The summed E-state index contributed by atoms with van der Waals surface area (Å²) >= 11 is 0. The van der Waals surface area contributed by atoms with Crippen LogP contribution in [-0.4, -0.2) is 43.6 Å². The molecule has 1 aliphatic rings. The fourth-order valence-corrected chi connectivity index (χ4v) is 2.04. The molecule has 0 aliphatic carbocycles. The van der Waals surface area contributed by atoms with Crippen molar-refractivity contribution >= 4 is 5.91 Å². The van der Waals surface area contributed by atoms with Gasteiger partial charge in [0.2, 0.25) is 0 Å². The first-order chi connectivity index (χ1) is 8.22. The maximum absolute atomic E-state index is 12.3. The Hall–Kier alpha value is -1.55. The summed E-state index contributed by atoms with van der Waals surface area (Å²) in [5.41, 5.74) is 0.722. The summed E-state index contributed by atoms with van der Waals surface area (Å²) in [7, 11) is 1.62. The lowest BCUT2D eigenvalue weighted by atomic mass is 10.1. The molecule has 1 heterocycles. The Bertz CT molecular complexity index is 389. The maximum atomic E-state index is 12.3. The number of nitrogens with one attached hydrogen (secondary N) is 1. The van der Waals surface area contributed by atoms with Gasteiger partial charge in [-0.05, 0) is 31.2 Å². The lowest BCUT2D eigenvalue weighted by Crippen LogP contribution is -2.52. The summed E-state index contributed by atoms with van der Waals surface area (Å²) in [5.74, 6) is 0.872. The van der Waals surface area contributed by atoms with Crippen LogP contribution < -0.4 is 10.1 Å². The molecule has 1 aromatic carbocycles. The van der Waals surface area contributed by atoms with E-state index in [1.165, 1.54) is 0 Å². The molecule has 0 radical (unpaired) electrons.